The van der Waals surface area contributed by atoms with E-state index >= 15 is 0 Å². The molecule has 5 nitrogen and oxygen atoms in total. The Morgan fingerprint density at radius 1 is 1.20 bits per heavy atom. The molecule has 1 aromatic heterocycles. The van der Waals surface area contributed by atoms with Gasteiger partial charge in [-0.2, -0.15) is 4.98 Å². The fraction of sp³-hybridized carbons (Fsp3) is 0.286. The van der Waals surface area contributed by atoms with Crippen LogP contribution in [0.3, 0.4) is 0 Å². The lowest BCUT2D eigenvalue weighted by Gasteiger charge is -2.08. The van der Waals surface area contributed by atoms with Crippen molar-refractivity contribution in [1.29, 1.82) is 0 Å². The number of halogens is 1. The quantitative estimate of drug-likeness (QED) is 0.887. The molecule has 0 unspecified atom stereocenters. The van der Waals surface area contributed by atoms with Crippen molar-refractivity contribution in [3.63, 3.8) is 0 Å². The van der Waals surface area contributed by atoms with Gasteiger partial charge < -0.3 is 15.2 Å². The summed E-state index contributed by atoms with van der Waals surface area (Å²) in [6.07, 6.45) is 0. The first-order valence-corrected chi connectivity index (χ1v) is 6.63. The van der Waals surface area contributed by atoms with Crippen LogP contribution < -0.4 is 10.5 Å². The number of benzene rings is 1. The van der Waals surface area contributed by atoms with Crippen molar-refractivity contribution >= 4 is 17.4 Å². The molecule has 6 heteroatoms. The molecule has 106 valence electrons. The van der Waals surface area contributed by atoms with E-state index in [-0.39, 0.29) is 0 Å². The first-order chi connectivity index (χ1) is 9.67. The minimum atomic E-state index is 0.315. The van der Waals surface area contributed by atoms with Crippen LogP contribution in [-0.4, -0.2) is 16.6 Å². The Morgan fingerprint density at radius 2 is 2.05 bits per heavy atom. The fourth-order valence-corrected chi connectivity index (χ4v) is 1.82. The third-order valence-corrected chi connectivity index (χ3v) is 2.71. The highest BCUT2D eigenvalue weighted by molar-refractivity contribution is 6.30. The van der Waals surface area contributed by atoms with Gasteiger partial charge >= 0.3 is 0 Å². The highest BCUT2D eigenvalue weighted by atomic mass is 35.5. The first-order valence-electron chi connectivity index (χ1n) is 6.26. The van der Waals surface area contributed by atoms with Gasteiger partial charge in [-0.3, -0.25) is 0 Å². The van der Waals surface area contributed by atoms with Gasteiger partial charge in [0.25, 0.3) is 0 Å². The van der Waals surface area contributed by atoms with E-state index < -0.39 is 0 Å². The summed E-state index contributed by atoms with van der Waals surface area (Å²) in [5, 5.41) is 0.672. The van der Waals surface area contributed by atoms with Crippen LogP contribution in [0.15, 0.2) is 30.3 Å². The summed E-state index contributed by atoms with van der Waals surface area (Å²) >= 11 is 5.92. The van der Waals surface area contributed by atoms with Crippen LogP contribution >= 0.6 is 11.6 Å². The number of aromatic nitrogens is 2. The highest BCUT2D eigenvalue weighted by Gasteiger charge is 2.04. The Balaban J connectivity index is 2.03. The summed E-state index contributed by atoms with van der Waals surface area (Å²) in [6.45, 7) is 3.18. The normalized spacial score (nSPS) is 10.5. The van der Waals surface area contributed by atoms with Gasteiger partial charge in [0.05, 0.1) is 0 Å². The molecule has 0 fully saturated rings. The number of rotatable bonds is 6. The summed E-state index contributed by atoms with van der Waals surface area (Å²) in [5.74, 6) is 1.29. The molecule has 2 aromatic rings. The van der Waals surface area contributed by atoms with Gasteiger partial charge in [-0.15, -0.1) is 0 Å². The molecule has 1 aromatic carbocycles. The number of nitrogens with two attached hydrogens (primary N) is 1. The maximum absolute atomic E-state index is 5.92. The summed E-state index contributed by atoms with van der Waals surface area (Å²) in [4.78, 5) is 8.32. The van der Waals surface area contributed by atoms with E-state index in [9.17, 15) is 0 Å². The average Bonchev–Trinajstić information content (AvgIpc) is 2.42. The predicted octanol–water partition coefficient (Wildman–Crippen LogP) is 2.83. The second-order valence-electron chi connectivity index (χ2n) is 4.10. The molecule has 0 saturated heterocycles. The van der Waals surface area contributed by atoms with E-state index in [4.69, 9.17) is 26.8 Å². The van der Waals surface area contributed by atoms with Crippen LogP contribution in [-0.2, 0) is 18.0 Å². The van der Waals surface area contributed by atoms with E-state index in [1.165, 1.54) is 0 Å². The Labute approximate surface area is 122 Å². The SMILES string of the molecule is CCOCc1nc(N)cc(OCc2cccc(Cl)c2)n1. The van der Waals surface area contributed by atoms with Crippen molar-refractivity contribution < 1.29 is 9.47 Å². The van der Waals surface area contributed by atoms with Gasteiger partial charge in [-0.05, 0) is 24.6 Å². The van der Waals surface area contributed by atoms with Gasteiger partial charge in [0, 0.05) is 17.7 Å². The highest BCUT2D eigenvalue weighted by Crippen LogP contribution is 2.15. The number of nitrogen functional groups attached to an aromatic ring is 1. The zero-order chi connectivity index (χ0) is 14.4. The standard InChI is InChI=1S/C14H16ClN3O2/c1-2-19-9-13-17-12(16)7-14(18-13)20-8-10-4-3-5-11(15)6-10/h3-7H,2,8-9H2,1H3,(H2,16,17,18). The second kappa shape index (κ2) is 7.07. The van der Waals surface area contributed by atoms with Crippen molar-refractivity contribution in [3.05, 3.63) is 46.7 Å². The fourth-order valence-electron chi connectivity index (χ4n) is 1.61. The maximum Gasteiger partial charge on any atom is 0.219 e. The van der Waals surface area contributed by atoms with Gasteiger partial charge in [0.2, 0.25) is 5.88 Å². The molecule has 2 rings (SSSR count). The zero-order valence-corrected chi connectivity index (χ0v) is 11.9. The van der Waals surface area contributed by atoms with Gasteiger partial charge in [0.1, 0.15) is 19.0 Å². The van der Waals surface area contributed by atoms with Crippen LogP contribution in [0.25, 0.3) is 0 Å². The Hall–Kier alpha value is -1.85. The monoisotopic (exact) mass is 293 g/mol. The lowest BCUT2D eigenvalue weighted by atomic mass is 10.2. The Morgan fingerprint density at radius 3 is 2.80 bits per heavy atom. The molecular weight excluding hydrogens is 278 g/mol. The molecule has 0 radical (unpaired) electrons. The smallest absolute Gasteiger partial charge is 0.219 e. The summed E-state index contributed by atoms with van der Waals surface area (Å²) in [5.41, 5.74) is 6.68. The lowest BCUT2D eigenvalue weighted by Crippen LogP contribution is -2.05. The molecule has 0 aliphatic heterocycles. The summed E-state index contributed by atoms with van der Waals surface area (Å²) < 4.78 is 10.9. The largest absolute Gasteiger partial charge is 0.473 e. The number of nitrogens with zero attached hydrogens (tertiary/aromatic N) is 2. The van der Waals surface area contributed by atoms with E-state index in [1.807, 2.05) is 31.2 Å². The maximum atomic E-state index is 5.92. The van der Waals surface area contributed by atoms with Crippen LogP contribution in [0.2, 0.25) is 5.02 Å². The molecule has 0 atom stereocenters. The van der Waals surface area contributed by atoms with Crippen molar-refractivity contribution in [1.82, 2.24) is 9.97 Å². The summed E-state index contributed by atoms with van der Waals surface area (Å²) in [7, 11) is 0. The van der Waals surface area contributed by atoms with Crippen molar-refractivity contribution in [3.8, 4) is 5.88 Å². The zero-order valence-electron chi connectivity index (χ0n) is 11.2. The van der Waals surface area contributed by atoms with Gasteiger partial charge in [0.15, 0.2) is 5.82 Å². The second-order valence-corrected chi connectivity index (χ2v) is 4.54. The first kappa shape index (κ1) is 14.6. The van der Waals surface area contributed by atoms with E-state index in [1.54, 1.807) is 6.07 Å². The number of ether oxygens (including phenoxy) is 2. The topological polar surface area (TPSA) is 70.3 Å². The molecule has 0 spiro atoms. The van der Waals surface area contributed by atoms with Crippen LogP contribution in [0, 0.1) is 0 Å². The number of hydrogen-bond donors (Lipinski definition) is 1. The van der Waals surface area contributed by atoms with E-state index in [2.05, 4.69) is 9.97 Å². The lowest BCUT2D eigenvalue weighted by molar-refractivity contribution is 0.127. The average molecular weight is 294 g/mol. The predicted molar refractivity (Wildman–Crippen MR) is 77.6 cm³/mol. The van der Waals surface area contributed by atoms with Gasteiger partial charge in [-0.25, -0.2) is 4.98 Å². The Kier molecular flexibility index (Phi) is 5.15. The van der Waals surface area contributed by atoms with Crippen molar-refractivity contribution in [2.24, 2.45) is 0 Å². The molecule has 0 saturated carbocycles. The molecule has 0 amide bonds. The Bertz CT molecular complexity index is 578. The number of anilines is 1. The van der Waals surface area contributed by atoms with Crippen LogP contribution in [0.1, 0.15) is 18.3 Å². The molecule has 20 heavy (non-hydrogen) atoms. The number of hydrogen-bond acceptors (Lipinski definition) is 5. The van der Waals surface area contributed by atoms with Crippen LogP contribution in [0.4, 0.5) is 5.82 Å². The van der Waals surface area contributed by atoms with Gasteiger partial charge in [-0.1, -0.05) is 23.7 Å². The third kappa shape index (κ3) is 4.36. The minimum absolute atomic E-state index is 0.315. The molecule has 0 aliphatic carbocycles. The molecular formula is C14H16ClN3O2. The minimum Gasteiger partial charge on any atom is -0.473 e. The molecule has 0 bridgehead atoms. The van der Waals surface area contributed by atoms with Crippen LogP contribution in [0.5, 0.6) is 5.88 Å². The van der Waals surface area contributed by atoms with E-state index in [0.29, 0.717) is 42.4 Å². The molecule has 0 aliphatic rings. The van der Waals surface area contributed by atoms with Crippen molar-refractivity contribution in [2.45, 2.75) is 20.1 Å². The van der Waals surface area contributed by atoms with E-state index in [0.717, 1.165) is 5.56 Å². The van der Waals surface area contributed by atoms with Crippen molar-refractivity contribution in [2.75, 3.05) is 12.3 Å². The molecule has 2 N–H and O–H groups in total. The molecule has 1 heterocycles. The summed E-state index contributed by atoms with van der Waals surface area (Å²) in [6, 6.07) is 9.04. The third-order valence-electron chi connectivity index (χ3n) is 2.48.